The number of sulfonamides is 1. The van der Waals surface area contributed by atoms with Crippen LogP contribution in [-0.2, 0) is 32.6 Å². The number of benzene rings is 1. The van der Waals surface area contributed by atoms with Gasteiger partial charge >= 0.3 is 0 Å². The zero-order valence-corrected chi connectivity index (χ0v) is 22.7. The van der Waals surface area contributed by atoms with E-state index in [0.29, 0.717) is 42.5 Å². The molecule has 3 aromatic rings. The van der Waals surface area contributed by atoms with E-state index >= 15 is 0 Å². The van der Waals surface area contributed by atoms with Crippen molar-refractivity contribution in [2.75, 3.05) is 29.9 Å². The van der Waals surface area contributed by atoms with Gasteiger partial charge in [-0.05, 0) is 51.7 Å². The molecule has 2 aromatic heterocycles. The van der Waals surface area contributed by atoms with E-state index < -0.39 is 15.9 Å². The highest BCUT2D eigenvalue weighted by molar-refractivity contribution is 7.89. The lowest BCUT2D eigenvalue weighted by atomic mass is 9.99. The van der Waals surface area contributed by atoms with Crippen LogP contribution in [0.5, 0.6) is 0 Å². The Bertz CT molecular complexity index is 1460. The van der Waals surface area contributed by atoms with E-state index in [0.717, 1.165) is 23.4 Å². The van der Waals surface area contributed by atoms with Crippen molar-refractivity contribution >= 4 is 44.0 Å². The van der Waals surface area contributed by atoms with Crippen molar-refractivity contribution in [1.29, 1.82) is 0 Å². The molecule has 10 nitrogen and oxygen atoms in total. The van der Waals surface area contributed by atoms with Gasteiger partial charge in [0.15, 0.2) is 5.13 Å². The molecular weight excluding hydrogens is 512 g/mol. The maximum atomic E-state index is 13.7. The van der Waals surface area contributed by atoms with E-state index in [1.807, 2.05) is 36.6 Å². The normalized spacial score (nSPS) is 18.1. The Hall–Kier alpha value is -3.09. The van der Waals surface area contributed by atoms with Crippen molar-refractivity contribution in [3.05, 3.63) is 52.3 Å². The van der Waals surface area contributed by atoms with E-state index in [4.69, 9.17) is 0 Å². The number of anilines is 2. The Balaban J connectivity index is 1.32. The summed E-state index contributed by atoms with van der Waals surface area (Å²) >= 11 is 1.34. The average Bonchev–Trinajstić information content (AvgIpc) is 3.56. The molecule has 1 fully saturated rings. The number of amides is 2. The molecule has 37 heavy (non-hydrogen) atoms. The fourth-order valence-corrected chi connectivity index (χ4v) is 7.73. The van der Waals surface area contributed by atoms with Crippen molar-refractivity contribution in [3.63, 3.8) is 0 Å². The first-order valence-corrected chi connectivity index (χ1v) is 14.6. The van der Waals surface area contributed by atoms with Gasteiger partial charge in [0.05, 0.1) is 23.0 Å². The molecule has 1 unspecified atom stereocenters. The summed E-state index contributed by atoms with van der Waals surface area (Å²) in [6.07, 6.45) is 1.98. The molecule has 2 aliphatic heterocycles. The van der Waals surface area contributed by atoms with Gasteiger partial charge in [-0.2, -0.15) is 9.40 Å². The molecular formula is C25H30N6O4S2. The molecule has 1 aromatic carbocycles. The van der Waals surface area contributed by atoms with Crippen LogP contribution in [0.15, 0.2) is 34.5 Å². The Morgan fingerprint density at radius 3 is 2.70 bits per heavy atom. The standard InChI is InChI=1S/C25H30N6O4S2/c1-16-15-36-25(26-16)27-24(33)20-8-6-11-29(13-20)37(34,35)23-17(2)28-31(18(23)3)14-22(32)30-12-10-19-7-4-5-9-21(19)30/h4-5,7,9,15,20H,6,8,10-14H2,1-3H3,(H,26,27,33). The van der Waals surface area contributed by atoms with Gasteiger partial charge < -0.3 is 10.2 Å². The minimum Gasteiger partial charge on any atom is -0.310 e. The third-order valence-electron chi connectivity index (χ3n) is 6.99. The van der Waals surface area contributed by atoms with Crippen molar-refractivity contribution in [2.45, 2.75) is 51.5 Å². The number of nitrogens with one attached hydrogen (secondary N) is 1. The van der Waals surface area contributed by atoms with Crippen LogP contribution in [0.3, 0.4) is 0 Å². The van der Waals surface area contributed by atoms with Crippen molar-refractivity contribution in [2.24, 2.45) is 5.92 Å². The molecule has 2 amide bonds. The predicted molar refractivity (Wildman–Crippen MR) is 141 cm³/mol. The number of piperidine rings is 1. The van der Waals surface area contributed by atoms with Crippen LogP contribution in [0, 0.1) is 26.7 Å². The minimum absolute atomic E-state index is 0.0468. The summed E-state index contributed by atoms with van der Waals surface area (Å²) in [5, 5.41) is 9.61. The summed E-state index contributed by atoms with van der Waals surface area (Å²) in [7, 11) is -3.91. The smallest absolute Gasteiger partial charge is 0.248 e. The molecule has 1 atom stereocenters. The average molecular weight is 543 g/mol. The maximum Gasteiger partial charge on any atom is 0.248 e. The highest BCUT2D eigenvalue weighted by Gasteiger charge is 2.37. The largest absolute Gasteiger partial charge is 0.310 e. The quantitative estimate of drug-likeness (QED) is 0.512. The third-order valence-corrected chi connectivity index (χ3v) is 9.98. The number of hydrogen-bond donors (Lipinski definition) is 1. The molecule has 0 saturated carbocycles. The lowest BCUT2D eigenvalue weighted by molar-refractivity contribution is -0.121. The lowest BCUT2D eigenvalue weighted by Crippen LogP contribution is -2.44. The van der Waals surface area contributed by atoms with E-state index in [9.17, 15) is 18.0 Å². The van der Waals surface area contributed by atoms with Crippen LogP contribution < -0.4 is 10.2 Å². The van der Waals surface area contributed by atoms with Crippen molar-refractivity contribution in [3.8, 4) is 0 Å². The topological polar surface area (TPSA) is 118 Å². The summed E-state index contributed by atoms with van der Waals surface area (Å²) < 4.78 is 30.3. The number of aromatic nitrogens is 3. The van der Waals surface area contributed by atoms with Crippen LogP contribution >= 0.6 is 11.3 Å². The molecule has 1 N–H and O–H groups in total. The van der Waals surface area contributed by atoms with E-state index in [2.05, 4.69) is 15.4 Å². The summed E-state index contributed by atoms with van der Waals surface area (Å²) in [6, 6.07) is 7.80. The van der Waals surface area contributed by atoms with Gasteiger partial charge in [0, 0.05) is 30.7 Å². The van der Waals surface area contributed by atoms with Crippen molar-refractivity contribution in [1.82, 2.24) is 19.1 Å². The first-order valence-electron chi connectivity index (χ1n) is 12.3. The number of nitrogens with zero attached hydrogens (tertiary/aromatic N) is 5. The fraction of sp³-hybridized carbons (Fsp3) is 0.440. The Morgan fingerprint density at radius 2 is 1.95 bits per heavy atom. The molecule has 0 aliphatic carbocycles. The first kappa shape index (κ1) is 25.6. The summed E-state index contributed by atoms with van der Waals surface area (Å²) in [5.74, 6) is -0.832. The summed E-state index contributed by atoms with van der Waals surface area (Å²) in [4.78, 5) is 32.1. The Morgan fingerprint density at radius 1 is 1.16 bits per heavy atom. The summed E-state index contributed by atoms with van der Waals surface area (Å²) in [6.45, 7) is 6.14. The summed E-state index contributed by atoms with van der Waals surface area (Å²) in [5.41, 5.74) is 3.61. The van der Waals surface area contributed by atoms with Gasteiger partial charge in [0.2, 0.25) is 21.8 Å². The second-order valence-corrected chi connectivity index (χ2v) is 12.3. The van der Waals surface area contributed by atoms with E-state index in [1.54, 1.807) is 18.7 Å². The number of aryl methyl sites for hydroxylation is 2. The number of carbonyl (C=O) groups excluding carboxylic acids is 2. The van der Waals surface area contributed by atoms with Gasteiger partial charge in [0.25, 0.3) is 0 Å². The van der Waals surface area contributed by atoms with Gasteiger partial charge in [0.1, 0.15) is 11.4 Å². The van der Waals surface area contributed by atoms with Crippen LogP contribution in [0.25, 0.3) is 0 Å². The number of para-hydroxylation sites is 1. The van der Waals surface area contributed by atoms with Crippen molar-refractivity contribution < 1.29 is 18.0 Å². The monoisotopic (exact) mass is 542 g/mol. The number of hydrogen-bond acceptors (Lipinski definition) is 7. The second-order valence-electron chi connectivity index (χ2n) is 9.57. The van der Waals surface area contributed by atoms with Gasteiger partial charge in [-0.3, -0.25) is 14.3 Å². The molecule has 196 valence electrons. The van der Waals surface area contributed by atoms with Crippen LogP contribution in [0.4, 0.5) is 10.8 Å². The van der Waals surface area contributed by atoms with Gasteiger partial charge in [-0.15, -0.1) is 11.3 Å². The number of thiazole rings is 1. The molecule has 0 radical (unpaired) electrons. The molecule has 4 heterocycles. The number of rotatable bonds is 6. The zero-order valence-electron chi connectivity index (χ0n) is 21.1. The SMILES string of the molecule is Cc1csc(NC(=O)C2CCCN(S(=O)(=O)c3c(C)nn(CC(=O)N4CCc5ccccc54)c3C)C2)n1. The predicted octanol–water partition coefficient (Wildman–Crippen LogP) is 2.89. The van der Waals surface area contributed by atoms with E-state index in [1.165, 1.54) is 20.3 Å². The second kappa shape index (κ2) is 9.99. The molecule has 12 heteroatoms. The van der Waals surface area contributed by atoms with Crippen LogP contribution in [0.1, 0.15) is 35.5 Å². The van der Waals surface area contributed by atoms with Gasteiger partial charge in [-0.25, -0.2) is 13.4 Å². The van der Waals surface area contributed by atoms with Crippen LogP contribution in [-0.4, -0.2) is 58.9 Å². The Kier molecular flexibility index (Phi) is 6.90. The molecule has 0 bridgehead atoms. The third kappa shape index (κ3) is 4.92. The highest BCUT2D eigenvalue weighted by Crippen LogP contribution is 2.30. The molecule has 5 rings (SSSR count). The lowest BCUT2D eigenvalue weighted by Gasteiger charge is -2.31. The maximum absolute atomic E-state index is 13.7. The molecule has 1 saturated heterocycles. The fourth-order valence-electron chi connectivity index (χ4n) is 5.14. The molecule has 2 aliphatic rings. The first-order chi connectivity index (χ1) is 17.6. The molecule has 0 spiro atoms. The van der Waals surface area contributed by atoms with Gasteiger partial charge in [-0.1, -0.05) is 18.2 Å². The number of fused-ring (bicyclic) bond motifs is 1. The van der Waals surface area contributed by atoms with E-state index in [-0.39, 0.29) is 29.8 Å². The Labute approximate surface area is 220 Å². The minimum atomic E-state index is -3.91. The highest BCUT2D eigenvalue weighted by atomic mass is 32.2. The number of carbonyl (C=O) groups is 2. The van der Waals surface area contributed by atoms with Crippen LogP contribution in [0.2, 0.25) is 0 Å². The zero-order chi connectivity index (χ0) is 26.3.